The molecule has 1 aromatic carbocycles. The second-order valence-electron chi connectivity index (χ2n) is 6.79. The molecule has 1 saturated heterocycles. The number of nitrogens with one attached hydrogen (secondary N) is 1. The van der Waals surface area contributed by atoms with E-state index in [0.29, 0.717) is 6.42 Å². The second-order valence-corrected chi connectivity index (χ2v) is 8.25. The van der Waals surface area contributed by atoms with Gasteiger partial charge in [0.1, 0.15) is 0 Å². The van der Waals surface area contributed by atoms with Crippen molar-refractivity contribution in [2.75, 3.05) is 17.6 Å². The molecule has 1 saturated carbocycles. The molecule has 1 aliphatic carbocycles. The molecule has 5 heteroatoms. The van der Waals surface area contributed by atoms with Crippen molar-refractivity contribution in [3.63, 3.8) is 0 Å². The highest BCUT2D eigenvalue weighted by atomic mass is 32.2. The Labute approximate surface area is 154 Å². The number of anilines is 1. The molecule has 1 N–H and O–H groups in total. The molecule has 0 aromatic heterocycles. The average Bonchev–Trinajstić information content (AvgIpc) is 3.04. The highest BCUT2D eigenvalue weighted by Gasteiger charge is 2.44. The first-order valence-electron chi connectivity index (χ1n) is 9.10. The van der Waals surface area contributed by atoms with Crippen molar-refractivity contribution in [1.82, 2.24) is 4.90 Å². The highest BCUT2D eigenvalue weighted by Crippen LogP contribution is 2.46. The van der Waals surface area contributed by atoms with Gasteiger partial charge in [0.15, 0.2) is 0 Å². The van der Waals surface area contributed by atoms with Gasteiger partial charge < -0.3 is 10.2 Å². The van der Waals surface area contributed by atoms with E-state index in [4.69, 9.17) is 0 Å². The van der Waals surface area contributed by atoms with Crippen molar-refractivity contribution < 1.29 is 9.59 Å². The molecule has 0 bridgehead atoms. The Kier molecular flexibility index (Phi) is 5.84. The minimum Gasteiger partial charge on any atom is -0.327 e. The zero-order valence-corrected chi connectivity index (χ0v) is 15.4. The molecular weight excluding hydrogens is 332 g/mol. The molecule has 2 aliphatic rings. The maximum atomic E-state index is 12.8. The number of carbonyl (C=O) groups is 2. The zero-order valence-electron chi connectivity index (χ0n) is 14.6. The van der Waals surface area contributed by atoms with Gasteiger partial charge in [0.25, 0.3) is 0 Å². The molecule has 0 radical (unpaired) electrons. The number of thioether (sulfide) groups is 1. The van der Waals surface area contributed by atoms with Crippen molar-refractivity contribution >= 4 is 29.3 Å². The van der Waals surface area contributed by atoms with E-state index in [1.165, 1.54) is 25.3 Å². The quantitative estimate of drug-likeness (QED) is 0.810. The van der Waals surface area contributed by atoms with Gasteiger partial charge in [-0.05, 0) is 43.0 Å². The smallest absolute Gasteiger partial charge is 0.247 e. The lowest BCUT2D eigenvalue weighted by Crippen LogP contribution is -2.47. The number of rotatable bonds is 5. The van der Waals surface area contributed by atoms with Gasteiger partial charge in [0.2, 0.25) is 11.8 Å². The molecule has 1 heterocycles. The molecule has 4 nitrogen and oxygen atoms in total. The first-order chi connectivity index (χ1) is 12.1. The molecule has 2 amide bonds. The average molecular weight is 359 g/mol. The van der Waals surface area contributed by atoms with Gasteiger partial charge in [-0.25, -0.2) is 0 Å². The van der Waals surface area contributed by atoms with Crippen LogP contribution in [0, 0.1) is 0 Å². The Hall–Kier alpha value is -1.75. The Morgan fingerprint density at radius 2 is 1.92 bits per heavy atom. The van der Waals surface area contributed by atoms with E-state index in [-0.39, 0.29) is 16.7 Å². The fourth-order valence-electron chi connectivity index (χ4n) is 3.81. The fraction of sp³-hybridized carbons (Fsp3) is 0.500. The molecule has 0 atom stereocenters. The normalized spacial score (nSPS) is 19.0. The number of hydrogen-bond donors (Lipinski definition) is 1. The van der Waals surface area contributed by atoms with Crippen LogP contribution in [-0.4, -0.2) is 33.9 Å². The SMILES string of the molecule is C=CC(=O)Nc1ccc(CCC(=O)N2CCSC23CCCCC3)cc1. The van der Waals surface area contributed by atoms with Gasteiger partial charge in [0.05, 0.1) is 4.87 Å². The number of carbonyl (C=O) groups excluding carboxylic acids is 2. The number of amides is 2. The van der Waals surface area contributed by atoms with Crippen LogP contribution in [0.5, 0.6) is 0 Å². The fourth-order valence-corrected chi connectivity index (χ4v) is 5.39. The molecule has 25 heavy (non-hydrogen) atoms. The number of aryl methyl sites for hydroxylation is 1. The van der Waals surface area contributed by atoms with E-state index in [2.05, 4.69) is 16.8 Å². The van der Waals surface area contributed by atoms with E-state index in [1.54, 1.807) is 0 Å². The molecule has 0 unspecified atom stereocenters. The van der Waals surface area contributed by atoms with E-state index < -0.39 is 0 Å². The van der Waals surface area contributed by atoms with Crippen LogP contribution in [0.15, 0.2) is 36.9 Å². The van der Waals surface area contributed by atoms with Crippen molar-refractivity contribution in [2.24, 2.45) is 0 Å². The summed E-state index contributed by atoms with van der Waals surface area (Å²) in [6.45, 7) is 4.34. The summed E-state index contributed by atoms with van der Waals surface area (Å²) in [6.07, 6.45) is 8.65. The Bertz CT molecular complexity index is 636. The monoisotopic (exact) mass is 358 g/mol. The largest absolute Gasteiger partial charge is 0.327 e. The van der Waals surface area contributed by atoms with Crippen LogP contribution in [0.3, 0.4) is 0 Å². The van der Waals surface area contributed by atoms with Crippen LogP contribution < -0.4 is 5.32 Å². The summed E-state index contributed by atoms with van der Waals surface area (Å²) in [4.78, 5) is 26.3. The predicted octanol–water partition coefficient (Wildman–Crippen LogP) is 3.98. The predicted molar refractivity (Wildman–Crippen MR) is 104 cm³/mol. The highest BCUT2D eigenvalue weighted by molar-refractivity contribution is 8.00. The lowest BCUT2D eigenvalue weighted by molar-refractivity contribution is -0.134. The third-order valence-corrected chi connectivity index (χ3v) is 6.70. The Morgan fingerprint density at radius 3 is 2.60 bits per heavy atom. The summed E-state index contributed by atoms with van der Waals surface area (Å²) in [5, 5.41) is 2.73. The van der Waals surface area contributed by atoms with Crippen LogP contribution in [0.2, 0.25) is 0 Å². The van der Waals surface area contributed by atoms with Gasteiger partial charge in [-0.3, -0.25) is 9.59 Å². The minimum atomic E-state index is -0.216. The number of benzene rings is 1. The summed E-state index contributed by atoms with van der Waals surface area (Å²) in [5.41, 5.74) is 1.87. The number of nitrogens with zero attached hydrogens (tertiary/aromatic N) is 1. The summed E-state index contributed by atoms with van der Waals surface area (Å²) in [6, 6.07) is 7.69. The van der Waals surface area contributed by atoms with E-state index in [9.17, 15) is 9.59 Å². The molecule has 1 aliphatic heterocycles. The maximum Gasteiger partial charge on any atom is 0.247 e. The second kappa shape index (κ2) is 8.09. The van der Waals surface area contributed by atoms with Crippen LogP contribution in [-0.2, 0) is 16.0 Å². The standard InChI is InChI=1S/C20H26N2O2S/c1-2-18(23)21-17-9-6-16(7-10-17)8-11-19(24)22-14-15-25-20(22)12-4-3-5-13-20/h2,6-7,9-10H,1,3-5,8,11-15H2,(H,21,23). The lowest BCUT2D eigenvalue weighted by atomic mass is 9.93. The first-order valence-corrected chi connectivity index (χ1v) is 10.1. The third kappa shape index (κ3) is 4.27. The Balaban J connectivity index is 1.55. The van der Waals surface area contributed by atoms with Crippen LogP contribution >= 0.6 is 11.8 Å². The van der Waals surface area contributed by atoms with Crippen molar-refractivity contribution in [3.05, 3.63) is 42.5 Å². The third-order valence-electron chi connectivity index (χ3n) is 5.15. The van der Waals surface area contributed by atoms with Crippen LogP contribution in [0.1, 0.15) is 44.1 Å². The summed E-state index contributed by atoms with van der Waals surface area (Å²) in [5.74, 6) is 1.15. The van der Waals surface area contributed by atoms with E-state index in [1.807, 2.05) is 36.0 Å². The van der Waals surface area contributed by atoms with Crippen LogP contribution in [0.25, 0.3) is 0 Å². The van der Waals surface area contributed by atoms with E-state index in [0.717, 1.165) is 42.8 Å². The molecular formula is C20H26N2O2S. The summed E-state index contributed by atoms with van der Waals surface area (Å²) in [7, 11) is 0. The molecule has 3 rings (SSSR count). The molecule has 134 valence electrons. The maximum absolute atomic E-state index is 12.8. The molecule has 2 fully saturated rings. The van der Waals surface area contributed by atoms with Crippen molar-refractivity contribution in [3.8, 4) is 0 Å². The van der Waals surface area contributed by atoms with Gasteiger partial charge in [-0.1, -0.05) is 38.0 Å². The number of hydrogen-bond acceptors (Lipinski definition) is 3. The van der Waals surface area contributed by atoms with Gasteiger partial charge in [0, 0.05) is 24.4 Å². The Morgan fingerprint density at radius 1 is 1.20 bits per heavy atom. The van der Waals surface area contributed by atoms with Crippen molar-refractivity contribution in [2.45, 2.75) is 49.8 Å². The first kappa shape index (κ1) is 18.1. The minimum absolute atomic E-state index is 0.0914. The van der Waals surface area contributed by atoms with Gasteiger partial charge in [-0.15, -0.1) is 11.8 Å². The summed E-state index contributed by atoms with van der Waals surface area (Å²) < 4.78 is 0. The van der Waals surface area contributed by atoms with Gasteiger partial charge in [-0.2, -0.15) is 0 Å². The zero-order chi connectivity index (χ0) is 17.7. The topological polar surface area (TPSA) is 49.4 Å². The molecule has 1 aromatic rings. The lowest BCUT2D eigenvalue weighted by Gasteiger charge is -2.40. The van der Waals surface area contributed by atoms with Crippen molar-refractivity contribution in [1.29, 1.82) is 0 Å². The van der Waals surface area contributed by atoms with Crippen LogP contribution in [0.4, 0.5) is 5.69 Å². The van der Waals surface area contributed by atoms with Gasteiger partial charge >= 0.3 is 0 Å². The summed E-state index contributed by atoms with van der Waals surface area (Å²) >= 11 is 1.99. The molecule has 1 spiro atoms. The van der Waals surface area contributed by atoms with E-state index >= 15 is 0 Å².